The van der Waals surface area contributed by atoms with Gasteiger partial charge in [-0.1, -0.05) is 0 Å². The zero-order chi connectivity index (χ0) is 12.8. The maximum atomic E-state index is 4.47. The van der Waals surface area contributed by atoms with Crippen LogP contribution in [0.5, 0.6) is 0 Å². The van der Waals surface area contributed by atoms with Crippen LogP contribution >= 0.6 is 0 Å². The van der Waals surface area contributed by atoms with Gasteiger partial charge in [-0.2, -0.15) is 0 Å². The fourth-order valence-corrected chi connectivity index (χ4v) is 2.77. The summed E-state index contributed by atoms with van der Waals surface area (Å²) in [5, 5.41) is 12.1. The molecule has 0 unspecified atom stereocenters. The molecule has 7 nitrogen and oxygen atoms in total. The number of hydrogen-bond donors (Lipinski definition) is 0. The van der Waals surface area contributed by atoms with Crippen LogP contribution in [0.1, 0.15) is 36.1 Å². The van der Waals surface area contributed by atoms with Crippen molar-refractivity contribution in [2.45, 2.75) is 38.4 Å². The Balaban J connectivity index is 1.51. The number of nitrogens with zero attached hydrogens (tertiary/aromatic N) is 7. The van der Waals surface area contributed by atoms with Gasteiger partial charge in [0.15, 0.2) is 5.82 Å². The molecule has 4 rings (SSSR count). The van der Waals surface area contributed by atoms with E-state index in [1.807, 2.05) is 11.0 Å². The van der Waals surface area contributed by atoms with E-state index in [1.165, 1.54) is 24.2 Å². The second kappa shape index (κ2) is 4.12. The third-order valence-corrected chi connectivity index (χ3v) is 4.00. The Labute approximate surface area is 111 Å². The maximum absolute atomic E-state index is 4.47. The highest BCUT2D eigenvalue weighted by Gasteiger charge is 2.29. The molecule has 0 saturated heterocycles. The molecule has 0 bridgehead atoms. The van der Waals surface area contributed by atoms with Gasteiger partial charge < -0.3 is 4.57 Å². The van der Waals surface area contributed by atoms with Crippen LogP contribution in [0.25, 0.3) is 0 Å². The molecular formula is C12H17N7. The van der Waals surface area contributed by atoms with Gasteiger partial charge in [-0.15, -0.1) is 5.10 Å². The normalized spacial score (nSPS) is 19.6. The van der Waals surface area contributed by atoms with E-state index >= 15 is 0 Å². The molecule has 1 aliphatic carbocycles. The van der Waals surface area contributed by atoms with Gasteiger partial charge in [-0.3, -0.25) is 4.90 Å². The lowest BCUT2D eigenvalue weighted by Crippen LogP contribution is -2.31. The van der Waals surface area contributed by atoms with E-state index in [-0.39, 0.29) is 0 Å². The Morgan fingerprint density at radius 2 is 2.26 bits per heavy atom. The molecule has 0 radical (unpaired) electrons. The zero-order valence-electron chi connectivity index (χ0n) is 11.0. The lowest BCUT2D eigenvalue weighted by atomic mass is 10.1. The van der Waals surface area contributed by atoms with Crippen LogP contribution in [0.15, 0.2) is 6.33 Å². The van der Waals surface area contributed by atoms with Gasteiger partial charge in [-0.05, 0) is 23.3 Å². The van der Waals surface area contributed by atoms with E-state index in [1.54, 1.807) is 0 Å². The number of imidazole rings is 1. The van der Waals surface area contributed by atoms with Gasteiger partial charge in [-0.25, -0.2) is 9.67 Å². The predicted molar refractivity (Wildman–Crippen MR) is 67.1 cm³/mol. The summed E-state index contributed by atoms with van der Waals surface area (Å²) in [4.78, 5) is 6.84. The minimum Gasteiger partial charge on any atom is -0.337 e. The van der Waals surface area contributed by atoms with E-state index < -0.39 is 0 Å². The average Bonchev–Trinajstić information content (AvgIpc) is 3.06. The molecule has 2 aromatic heterocycles. The molecule has 1 saturated carbocycles. The van der Waals surface area contributed by atoms with Gasteiger partial charge in [0.25, 0.3) is 0 Å². The predicted octanol–water partition coefficient (Wildman–Crippen LogP) is 0.300. The van der Waals surface area contributed by atoms with Gasteiger partial charge >= 0.3 is 0 Å². The van der Waals surface area contributed by atoms with Crippen molar-refractivity contribution >= 4 is 0 Å². The summed E-state index contributed by atoms with van der Waals surface area (Å²) in [6.45, 7) is 2.76. The molecule has 0 atom stereocenters. The summed E-state index contributed by atoms with van der Waals surface area (Å²) < 4.78 is 4.12. The lowest BCUT2D eigenvalue weighted by Gasteiger charge is -2.25. The van der Waals surface area contributed by atoms with Crippen molar-refractivity contribution in [3.63, 3.8) is 0 Å². The molecule has 0 aromatic carbocycles. The highest BCUT2D eigenvalue weighted by molar-refractivity contribution is 5.16. The first-order valence-corrected chi connectivity index (χ1v) is 6.79. The monoisotopic (exact) mass is 259 g/mol. The SMILES string of the molecule is Cn1cnc2c1CCN(Cc1nnnn1C1CC1)C2. The van der Waals surface area contributed by atoms with Crippen LogP contribution in [0, 0.1) is 0 Å². The highest BCUT2D eigenvalue weighted by atomic mass is 15.6. The van der Waals surface area contributed by atoms with Crippen molar-refractivity contribution in [2.24, 2.45) is 7.05 Å². The van der Waals surface area contributed by atoms with Gasteiger partial charge in [0.2, 0.25) is 0 Å². The Morgan fingerprint density at radius 3 is 3.11 bits per heavy atom. The van der Waals surface area contributed by atoms with Crippen LogP contribution in [-0.4, -0.2) is 41.2 Å². The van der Waals surface area contributed by atoms with Gasteiger partial charge in [0.1, 0.15) is 0 Å². The molecule has 1 fully saturated rings. The molecular weight excluding hydrogens is 242 g/mol. The van der Waals surface area contributed by atoms with E-state index in [9.17, 15) is 0 Å². The summed E-state index contributed by atoms with van der Waals surface area (Å²) in [5.41, 5.74) is 2.55. The summed E-state index contributed by atoms with van der Waals surface area (Å²) in [6.07, 6.45) is 5.38. The number of hydrogen-bond acceptors (Lipinski definition) is 5. The molecule has 2 aromatic rings. The van der Waals surface area contributed by atoms with Crippen molar-refractivity contribution in [2.75, 3.05) is 6.54 Å². The maximum Gasteiger partial charge on any atom is 0.165 e. The average molecular weight is 259 g/mol. The molecule has 0 spiro atoms. The molecule has 1 aliphatic heterocycles. The van der Waals surface area contributed by atoms with Crippen molar-refractivity contribution < 1.29 is 0 Å². The third kappa shape index (κ3) is 1.94. The third-order valence-electron chi connectivity index (χ3n) is 4.00. The zero-order valence-corrected chi connectivity index (χ0v) is 11.0. The van der Waals surface area contributed by atoms with E-state index in [4.69, 9.17) is 0 Å². The number of fused-ring (bicyclic) bond motifs is 1. The largest absolute Gasteiger partial charge is 0.337 e. The second-order valence-corrected chi connectivity index (χ2v) is 5.48. The first-order chi connectivity index (χ1) is 9.31. The number of aryl methyl sites for hydroxylation is 1. The first-order valence-electron chi connectivity index (χ1n) is 6.79. The number of tetrazole rings is 1. The lowest BCUT2D eigenvalue weighted by molar-refractivity contribution is 0.229. The Bertz CT molecular complexity index is 595. The molecule has 3 heterocycles. The fourth-order valence-electron chi connectivity index (χ4n) is 2.77. The van der Waals surface area contributed by atoms with Crippen LogP contribution in [0.4, 0.5) is 0 Å². The Kier molecular flexibility index (Phi) is 2.41. The minimum absolute atomic E-state index is 0.542. The van der Waals surface area contributed by atoms with Crippen molar-refractivity contribution in [3.8, 4) is 0 Å². The quantitative estimate of drug-likeness (QED) is 0.793. The fraction of sp³-hybridized carbons (Fsp3) is 0.667. The number of aromatic nitrogens is 6. The molecule has 0 N–H and O–H groups in total. The highest BCUT2D eigenvalue weighted by Crippen LogP contribution is 2.34. The van der Waals surface area contributed by atoms with Gasteiger partial charge in [0.05, 0.1) is 24.6 Å². The minimum atomic E-state index is 0.542. The smallest absolute Gasteiger partial charge is 0.165 e. The first kappa shape index (κ1) is 11.1. The van der Waals surface area contributed by atoms with Gasteiger partial charge in [0, 0.05) is 32.3 Å². The molecule has 0 amide bonds. The number of rotatable bonds is 3. The van der Waals surface area contributed by atoms with Crippen LogP contribution in [-0.2, 0) is 26.6 Å². The van der Waals surface area contributed by atoms with Crippen LogP contribution in [0.2, 0.25) is 0 Å². The Hall–Kier alpha value is -1.76. The molecule has 19 heavy (non-hydrogen) atoms. The van der Waals surface area contributed by atoms with Crippen LogP contribution in [0.3, 0.4) is 0 Å². The standard InChI is InChI=1S/C12H17N7/c1-17-8-13-10-6-18(5-4-11(10)17)7-12-14-15-16-19(12)9-2-3-9/h8-9H,2-7H2,1H3. The molecule has 100 valence electrons. The summed E-state index contributed by atoms with van der Waals surface area (Å²) in [6, 6.07) is 0.542. The molecule has 7 heteroatoms. The topological polar surface area (TPSA) is 64.7 Å². The van der Waals surface area contributed by atoms with E-state index in [0.29, 0.717) is 6.04 Å². The molecule has 2 aliphatic rings. The van der Waals surface area contributed by atoms with Crippen LogP contribution < -0.4 is 0 Å². The van der Waals surface area contributed by atoms with Crippen molar-refractivity contribution in [3.05, 3.63) is 23.5 Å². The summed E-state index contributed by atoms with van der Waals surface area (Å²) >= 11 is 0. The summed E-state index contributed by atoms with van der Waals surface area (Å²) in [7, 11) is 2.06. The Morgan fingerprint density at radius 1 is 1.37 bits per heavy atom. The van der Waals surface area contributed by atoms with E-state index in [2.05, 4.69) is 37.0 Å². The van der Waals surface area contributed by atoms with Crippen molar-refractivity contribution in [1.82, 2.24) is 34.7 Å². The second-order valence-electron chi connectivity index (χ2n) is 5.48. The summed E-state index contributed by atoms with van der Waals surface area (Å²) in [5.74, 6) is 0.988. The van der Waals surface area contributed by atoms with Crippen molar-refractivity contribution in [1.29, 1.82) is 0 Å². The van der Waals surface area contributed by atoms with E-state index in [0.717, 1.165) is 31.9 Å².